The van der Waals surface area contributed by atoms with Crippen LogP contribution in [0.2, 0.25) is 0 Å². The van der Waals surface area contributed by atoms with E-state index in [1.165, 1.54) is 0 Å². The third kappa shape index (κ3) is 7.53. The quantitative estimate of drug-likeness (QED) is 0.165. The Bertz CT molecular complexity index is 1230. The van der Waals surface area contributed by atoms with Gasteiger partial charge in [0.15, 0.2) is 0 Å². The maximum absolute atomic E-state index is 12.3. The van der Waals surface area contributed by atoms with Gasteiger partial charge in [-0.2, -0.15) is 5.26 Å². The molecule has 3 rings (SSSR count). The summed E-state index contributed by atoms with van der Waals surface area (Å²) in [6.07, 6.45) is 1.51. The molecule has 1 aliphatic rings. The number of hydrogen-bond donors (Lipinski definition) is 3. The van der Waals surface area contributed by atoms with Gasteiger partial charge < -0.3 is 25.2 Å². The summed E-state index contributed by atoms with van der Waals surface area (Å²) in [5.41, 5.74) is 7.57. The van der Waals surface area contributed by atoms with Crippen LogP contribution in [0.25, 0.3) is 4.85 Å². The normalized spacial score (nSPS) is 15.1. The molecule has 0 radical (unpaired) electrons. The molecule has 2 aromatic rings. The summed E-state index contributed by atoms with van der Waals surface area (Å²) in [5, 5.41) is 9.54. The molecular formula is C24H28N5O6PS. The van der Waals surface area contributed by atoms with Gasteiger partial charge in [0.2, 0.25) is 11.6 Å². The average molecular weight is 546 g/mol. The highest BCUT2D eigenvalue weighted by atomic mass is 32.2. The number of rotatable bonds is 11. The Hall–Kier alpha value is -2.96. The first-order chi connectivity index (χ1) is 17.7. The molecule has 1 aromatic heterocycles. The summed E-state index contributed by atoms with van der Waals surface area (Å²) in [7, 11) is -4.53. The van der Waals surface area contributed by atoms with Gasteiger partial charge in [-0.3, -0.25) is 9.32 Å². The summed E-state index contributed by atoms with van der Waals surface area (Å²) < 4.78 is 20.9. The monoisotopic (exact) mass is 545 g/mol. The van der Waals surface area contributed by atoms with Crippen molar-refractivity contribution in [1.82, 2.24) is 4.98 Å². The van der Waals surface area contributed by atoms with E-state index in [1.54, 1.807) is 24.3 Å². The lowest BCUT2D eigenvalue weighted by Gasteiger charge is -2.34. The van der Waals surface area contributed by atoms with Crippen LogP contribution >= 0.6 is 19.6 Å². The highest BCUT2D eigenvalue weighted by molar-refractivity contribution is 8.00. The number of phosphoric ester groups is 1. The zero-order chi connectivity index (χ0) is 27.0. The summed E-state index contributed by atoms with van der Waals surface area (Å²) in [6.45, 7) is 10.6. The first-order valence-electron chi connectivity index (χ1n) is 11.6. The lowest BCUT2D eigenvalue weighted by Crippen LogP contribution is -2.38. The molecule has 196 valence electrons. The zero-order valence-electron chi connectivity index (χ0n) is 20.2. The Kier molecular flexibility index (Phi) is 10.1. The predicted octanol–water partition coefficient (Wildman–Crippen LogP) is 3.48. The van der Waals surface area contributed by atoms with E-state index in [0.29, 0.717) is 60.0 Å². The Morgan fingerprint density at radius 1 is 1.35 bits per heavy atom. The van der Waals surface area contributed by atoms with Crippen LogP contribution in [-0.4, -0.2) is 53.1 Å². The molecule has 1 saturated heterocycles. The number of piperidine rings is 1. The van der Waals surface area contributed by atoms with Gasteiger partial charge in [0.05, 0.1) is 31.5 Å². The minimum absolute atomic E-state index is 0.0486. The lowest BCUT2D eigenvalue weighted by atomic mass is 10.0. The van der Waals surface area contributed by atoms with Crippen LogP contribution in [0.4, 0.5) is 11.5 Å². The standard InChI is InChI=1S/C24H28N5O6PS/c1-3-18-19(15-25)24(37-21(22(26)30)16-7-5-4-6-8-16)28-23(20(18)27-2)29-11-9-17(10-12-29)34-13-14-35-36(31,32)33/h4-8,17,21H,3,9-14H2,1H3,(H2,26,30)(H2,31,32,33). The van der Waals surface area contributed by atoms with Crippen LogP contribution in [0.5, 0.6) is 0 Å². The Balaban J connectivity index is 1.85. The largest absolute Gasteiger partial charge is 0.469 e. The molecule has 1 atom stereocenters. The highest BCUT2D eigenvalue weighted by Gasteiger charge is 2.29. The first-order valence-corrected chi connectivity index (χ1v) is 14.0. The molecule has 2 heterocycles. The molecule has 1 amide bonds. The number of amides is 1. The molecule has 13 heteroatoms. The first kappa shape index (κ1) is 28.6. The second-order valence-electron chi connectivity index (χ2n) is 8.21. The van der Waals surface area contributed by atoms with E-state index >= 15 is 0 Å². The van der Waals surface area contributed by atoms with Crippen molar-refractivity contribution in [3.63, 3.8) is 0 Å². The fourth-order valence-electron chi connectivity index (χ4n) is 4.11. The Morgan fingerprint density at radius 2 is 2.03 bits per heavy atom. The number of nitrogens with two attached hydrogens (primary N) is 1. The molecule has 11 nitrogen and oxygen atoms in total. The zero-order valence-corrected chi connectivity index (χ0v) is 22.0. The molecule has 1 aromatic carbocycles. The van der Waals surface area contributed by atoms with E-state index in [-0.39, 0.29) is 24.9 Å². The molecule has 0 spiro atoms. The number of thioether (sulfide) groups is 1. The van der Waals surface area contributed by atoms with Crippen molar-refractivity contribution in [1.29, 1.82) is 5.26 Å². The summed E-state index contributed by atoms with van der Waals surface area (Å²) in [6, 6.07) is 11.2. The fourth-order valence-corrected chi connectivity index (χ4v) is 5.48. The number of pyridine rings is 1. The van der Waals surface area contributed by atoms with Gasteiger partial charge in [-0.25, -0.2) is 14.4 Å². The SMILES string of the molecule is [C-]#[N+]c1c(N2CCC(OCCOP(=O)(O)O)CC2)nc(SC(C(N)=O)c2ccccc2)c(C#N)c1CC. The van der Waals surface area contributed by atoms with Crippen LogP contribution in [0.15, 0.2) is 35.4 Å². The molecule has 1 fully saturated rings. The number of hydrogen-bond acceptors (Lipinski definition) is 8. The topological polar surface area (TPSA) is 163 Å². The average Bonchev–Trinajstić information content (AvgIpc) is 2.88. The van der Waals surface area contributed by atoms with Gasteiger partial charge in [0, 0.05) is 13.1 Å². The molecule has 1 aliphatic heterocycles. The van der Waals surface area contributed by atoms with Gasteiger partial charge >= 0.3 is 7.82 Å². The van der Waals surface area contributed by atoms with Crippen molar-refractivity contribution >= 4 is 37.0 Å². The van der Waals surface area contributed by atoms with Crippen LogP contribution in [0.1, 0.15) is 41.7 Å². The minimum Gasteiger partial charge on any atom is -0.376 e. The molecule has 1 unspecified atom stereocenters. The van der Waals surface area contributed by atoms with E-state index < -0.39 is 19.0 Å². The maximum Gasteiger partial charge on any atom is 0.469 e. The van der Waals surface area contributed by atoms with Gasteiger partial charge in [-0.15, -0.1) is 0 Å². The number of primary amides is 1. The van der Waals surface area contributed by atoms with Crippen molar-refractivity contribution in [2.75, 3.05) is 31.2 Å². The van der Waals surface area contributed by atoms with E-state index in [9.17, 15) is 14.6 Å². The van der Waals surface area contributed by atoms with Gasteiger partial charge in [0.25, 0.3) is 0 Å². The molecule has 0 bridgehead atoms. The maximum atomic E-state index is 12.3. The van der Waals surface area contributed by atoms with E-state index in [2.05, 4.69) is 15.4 Å². The van der Waals surface area contributed by atoms with E-state index in [4.69, 9.17) is 31.8 Å². The number of anilines is 1. The fraction of sp³-hybridized carbons (Fsp3) is 0.417. The molecule has 4 N–H and O–H groups in total. The van der Waals surface area contributed by atoms with Gasteiger partial charge in [-0.1, -0.05) is 49.0 Å². The number of phosphoric acid groups is 1. The van der Waals surface area contributed by atoms with Gasteiger partial charge in [-0.05, 0) is 30.4 Å². The predicted molar refractivity (Wildman–Crippen MR) is 138 cm³/mol. The van der Waals surface area contributed by atoms with Crippen molar-refractivity contribution in [3.8, 4) is 6.07 Å². The van der Waals surface area contributed by atoms with Crippen molar-refractivity contribution in [2.45, 2.75) is 42.6 Å². The molecular weight excluding hydrogens is 517 g/mol. The highest BCUT2D eigenvalue weighted by Crippen LogP contribution is 2.43. The summed E-state index contributed by atoms with van der Waals surface area (Å²) in [4.78, 5) is 40.3. The smallest absolute Gasteiger partial charge is 0.376 e. The number of carbonyl (C=O) groups is 1. The number of ether oxygens (including phenoxy) is 1. The number of nitriles is 1. The van der Waals surface area contributed by atoms with Crippen molar-refractivity contribution in [3.05, 3.63) is 58.4 Å². The van der Waals surface area contributed by atoms with E-state index in [0.717, 1.165) is 11.8 Å². The third-order valence-corrected chi connectivity index (χ3v) is 7.60. The molecule has 0 aliphatic carbocycles. The third-order valence-electron chi connectivity index (χ3n) is 5.83. The van der Waals surface area contributed by atoms with Crippen molar-refractivity contribution in [2.24, 2.45) is 5.73 Å². The Labute approximate surface area is 219 Å². The molecule has 0 saturated carbocycles. The summed E-state index contributed by atoms with van der Waals surface area (Å²) in [5.74, 6) is -0.107. The number of aromatic nitrogens is 1. The van der Waals surface area contributed by atoms with Crippen molar-refractivity contribution < 1.29 is 28.4 Å². The number of benzene rings is 1. The van der Waals surface area contributed by atoms with E-state index in [1.807, 2.05) is 17.9 Å². The second kappa shape index (κ2) is 13.0. The van der Waals surface area contributed by atoms with Crippen LogP contribution < -0.4 is 10.6 Å². The second-order valence-corrected chi connectivity index (χ2v) is 10.5. The minimum atomic E-state index is -4.53. The lowest BCUT2D eigenvalue weighted by molar-refractivity contribution is -0.117. The Morgan fingerprint density at radius 3 is 2.57 bits per heavy atom. The molecule has 37 heavy (non-hydrogen) atoms. The summed E-state index contributed by atoms with van der Waals surface area (Å²) >= 11 is 1.10. The number of carbonyl (C=O) groups excluding carboxylic acids is 1. The van der Waals surface area contributed by atoms with Gasteiger partial charge in [0.1, 0.15) is 22.2 Å². The van der Waals surface area contributed by atoms with Crippen LogP contribution in [0.3, 0.4) is 0 Å². The van der Waals surface area contributed by atoms with Crippen LogP contribution in [0, 0.1) is 17.9 Å². The number of nitrogens with zero attached hydrogens (tertiary/aromatic N) is 4. The van der Waals surface area contributed by atoms with Crippen LogP contribution in [-0.2, 0) is 25.0 Å².